The number of halogens is 1. The van der Waals surface area contributed by atoms with E-state index in [0.717, 1.165) is 21.6 Å². The number of rotatable bonds is 4. The fourth-order valence-electron chi connectivity index (χ4n) is 2.11. The summed E-state index contributed by atoms with van der Waals surface area (Å²) in [6.07, 6.45) is 0. The van der Waals surface area contributed by atoms with E-state index >= 15 is 0 Å². The second-order valence-electron chi connectivity index (χ2n) is 4.90. The van der Waals surface area contributed by atoms with E-state index in [1.54, 1.807) is 54.1 Å². The third-order valence-electron chi connectivity index (χ3n) is 3.24. The molecule has 0 aliphatic carbocycles. The van der Waals surface area contributed by atoms with Crippen LogP contribution in [0.2, 0.25) is 5.02 Å². The summed E-state index contributed by atoms with van der Waals surface area (Å²) in [5.41, 5.74) is 1.47. The van der Waals surface area contributed by atoms with Gasteiger partial charge in [-0.2, -0.15) is 0 Å². The van der Waals surface area contributed by atoms with Crippen LogP contribution in [0.4, 0.5) is 5.69 Å². The molecule has 23 heavy (non-hydrogen) atoms. The smallest absolute Gasteiger partial charge is 0.307 e. The summed E-state index contributed by atoms with van der Waals surface area (Å²) in [5.74, 6) is 0.247. The van der Waals surface area contributed by atoms with Crippen molar-refractivity contribution in [2.45, 2.75) is 0 Å². The van der Waals surface area contributed by atoms with Crippen LogP contribution in [0.5, 0.6) is 5.75 Å². The van der Waals surface area contributed by atoms with E-state index in [1.165, 1.54) is 0 Å². The highest BCUT2D eigenvalue weighted by atomic mass is 35.5. The van der Waals surface area contributed by atoms with E-state index in [4.69, 9.17) is 16.3 Å². The Morgan fingerprint density at radius 2 is 2.13 bits per heavy atom. The molecular formula is C16H13ClN2O3S. The predicted molar refractivity (Wildman–Crippen MR) is 92.6 cm³/mol. The Hall–Kier alpha value is -2.31. The Labute approximate surface area is 141 Å². The number of hydrogen-bond donors (Lipinski definition) is 1. The van der Waals surface area contributed by atoms with Crippen LogP contribution in [0.1, 0.15) is 0 Å². The molecule has 3 aromatic rings. The Morgan fingerprint density at radius 1 is 1.30 bits per heavy atom. The van der Waals surface area contributed by atoms with Gasteiger partial charge in [0.25, 0.3) is 5.91 Å². The minimum atomic E-state index is -0.285. The molecule has 118 valence electrons. The molecule has 0 aliphatic heterocycles. The van der Waals surface area contributed by atoms with Gasteiger partial charge in [0, 0.05) is 17.8 Å². The summed E-state index contributed by atoms with van der Waals surface area (Å²) in [7, 11) is 1.72. The van der Waals surface area contributed by atoms with E-state index in [0.29, 0.717) is 16.5 Å². The van der Waals surface area contributed by atoms with Crippen LogP contribution in [0, 0.1) is 0 Å². The van der Waals surface area contributed by atoms with E-state index in [9.17, 15) is 9.59 Å². The van der Waals surface area contributed by atoms with Crippen LogP contribution in [-0.2, 0) is 11.8 Å². The molecule has 1 heterocycles. The second-order valence-corrected chi connectivity index (χ2v) is 6.33. The van der Waals surface area contributed by atoms with Crippen molar-refractivity contribution < 1.29 is 9.53 Å². The fourth-order valence-corrected chi connectivity index (χ4v) is 3.21. The first-order valence-corrected chi connectivity index (χ1v) is 8.00. The van der Waals surface area contributed by atoms with Crippen molar-refractivity contribution >= 4 is 44.7 Å². The van der Waals surface area contributed by atoms with Crippen LogP contribution < -0.4 is 14.9 Å². The molecule has 0 atom stereocenters. The van der Waals surface area contributed by atoms with Gasteiger partial charge in [-0.3, -0.25) is 9.59 Å². The van der Waals surface area contributed by atoms with Gasteiger partial charge in [-0.05, 0) is 36.4 Å². The molecule has 1 aromatic heterocycles. The van der Waals surface area contributed by atoms with Gasteiger partial charge in [0.1, 0.15) is 5.75 Å². The van der Waals surface area contributed by atoms with Gasteiger partial charge < -0.3 is 14.6 Å². The van der Waals surface area contributed by atoms with Crippen LogP contribution in [-0.4, -0.2) is 17.1 Å². The molecular weight excluding hydrogens is 336 g/mol. The monoisotopic (exact) mass is 348 g/mol. The maximum Gasteiger partial charge on any atom is 0.307 e. The molecule has 0 bridgehead atoms. The van der Waals surface area contributed by atoms with Crippen LogP contribution in [0.15, 0.2) is 47.3 Å². The number of ether oxygens (including phenoxy) is 1. The molecule has 0 unspecified atom stereocenters. The van der Waals surface area contributed by atoms with Gasteiger partial charge in [-0.15, -0.1) is 0 Å². The molecule has 0 spiro atoms. The quantitative estimate of drug-likeness (QED) is 0.787. The molecule has 3 rings (SSSR count). The number of aromatic nitrogens is 1. The summed E-state index contributed by atoms with van der Waals surface area (Å²) < 4.78 is 7.79. The maximum atomic E-state index is 11.9. The number of fused-ring (bicyclic) bond motifs is 1. The summed E-state index contributed by atoms with van der Waals surface area (Å²) in [6.45, 7) is -0.122. The van der Waals surface area contributed by atoms with Crippen molar-refractivity contribution in [3.63, 3.8) is 0 Å². The minimum Gasteiger partial charge on any atom is -0.484 e. The molecule has 0 fully saturated rings. The Kier molecular flexibility index (Phi) is 4.36. The molecule has 0 radical (unpaired) electrons. The zero-order chi connectivity index (χ0) is 16.4. The third kappa shape index (κ3) is 3.55. The number of thiazole rings is 1. The minimum absolute atomic E-state index is 0.0345. The van der Waals surface area contributed by atoms with E-state index in [1.807, 2.05) is 0 Å². The number of carbonyl (C=O) groups is 1. The molecule has 2 aromatic carbocycles. The van der Waals surface area contributed by atoms with E-state index in [2.05, 4.69) is 5.32 Å². The van der Waals surface area contributed by atoms with Crippen LogP contribution >= 0.6 is 22.9 Å². The lowest BCUT2D eigenvalue weighted by molar-refractivity contribution is -0.118. The van der Waals surface area contributed by atoms with Gasteiger partial charge in [-0.25, -0.2) is 0 Å². The van der Waals surface area contributed by atoms with E-state index in [-0.39, 0.29) is 17.4 Å². The lowest BCUT2D eigenvalue weighted by Crippen LogP contribution is -2.20. The number of nitrogens with zero attached hydrogens (tertiary/aromatic N) is 1. The van der Waals surface area contributed by atoms with Crippen molar-refractivity contribution in [1.82, 2.24) is 4.57 Å². The number of benzene rings is 2. The summed E-state index contributed by atoms with van der Waals surface area (Å²) in [6, 6.07) is 12.2. The standard InChI is InChI=1S/C16H13ClN2O3S/c1-19-13-6-5-11(8-14(13)23-16(19)21)18-15(20)9-22-12-4-2-3-10(17)7-12/h2-8H,9H2,1H3,(H,18,20). The highest BCUT2D eigenvalue weighted by Gasteiger charge is 2.08. The topological polar surface area (TPSA) is 60.3 Å². The third-order valence-corrected chi connectivity index (χ3v) is 4.47. The van der Waals surface area contributed by atoms with Gasteiger partial charge in [0.2, 0.25) is 0 Å². The van der Waals surface area contributed by atoms with E-state index < -0.39 is 0 Å². The fraction of sp³-hybridized carbons (Fsp3) is 0.125. The highest BCUT2D eigenvalue weighted by molar-refractivity contribution is 7.16. The molecule has 0 aliphatic rings. The number of amides is 1. The zero-order valence-corrected chi connectivity index (χ0v) is 13.8. The molecule has 5 nitrogen and oxygen atoms in total. The van der Waals surface area contributed by atoms with Crippen LogP contribution in [0.25, 0.3) is 10.2 Å². The molecule has 0 saturated heterocycles. The first-order valence-electron chi connectivity index (χ1n) is 6.81. The summed E-state index contributed by atoms with van der Waals surface area (Å²) in [4.78, 5) is 23.5. The highest BCUT2D eigenvalue weighted by Crippen LogP contribution is 2.21. The van der Waals surface area contributed by atoms with Gasteiger partial charge in [-0.1, -0.05) is 29.0 Å². The van der Waals surface area contributed by atoms with Crippen molar-refractivity contribution in [2.75, 3.05) is 11.9 Å². The molecule has 1 amide bonds. The number of anilines is 1. The lowest BCUT2D eigenvalue weighted by atomic mass is 10.3. The number of hydrogen-bond acceptors (Lipinski definition) is 4. The maximum absolute atomic E-state index is 11.9. The van der Waals surface area contributed by atoms with Crippen molar-refractivity contribution in [3.8, 4) is 5.75 Å². The Bertz CT molecular complexity index is 932. The number of nitrogens with one attached hydrogen (secondary N) is 1. The average Bonchev–Trinajstić information content (AvgIpc) is 2.80. The largest absolute Gasteiger partial charge is 0.484 e. The zero-order valence-electron chi connectivity index (χ0n) is 12.2. The molecule has 1 N–H and O–H groups in total. The van der Waals surface area contributed by atoms with Gasteiger partial charge in [0.05, 0.1) is 10.2 Å². The van der Waals surface area contributed by atoms with Gasteiger partial charge in [0.15, 0.2) is 6.61 Å². The first kappa shape index (κ1) is 15.6. The first-order chi connectivity index (χ1) is 11.0. The summed E-state index contributed by atoms with van der Waals surface area (Å²) >= 11 is 7.00. The Morgan fingerprint density at radius 3 is 2.91 bits per heavy atom. The summed E-state index contributed by atoms with van der Waals surface area (Å²) in [5, 5.41) is 3.29. The Balaban J connectivity index is 1.67. The van der Waals surface area contributed by atoms with Gasteiger partial charge >= 0.3 is 4.87 Å². The number of aryl methyl sites for hydroxylation is 1. The molecule has 7 heteroatoms. The SMILES string of the molecule is Cn1c(=O)sc2cc(NC(=O)COc3cccc(Cl)c3)ccc21. The second kappa shape index (κ2) is 6.44. The number of carbonyl (C=O) groups excluding carboxylic acids is 1. The predicted octanol–water partition coefficient (Wildman–Crippen LogP) is 3.27. The normalized spacial score (nSPS) is 10.7. The van der Waals surface area contributed by atoms with Crippen LogP contribution in [0.3, 0.4) is 0 Å². The van der Waals surface area contributed by atoms with Crippen molar-refractivity contribution in [1.29, 1.82) is 0 Å². The van der Waals surface area contributed by atoms with Crippen molar-refractivity contribution in [2.24, 2.45) is 7.05 Å². The average molecular weight is 349 g/mol. The van der Waals surface area contributed by atoms with Crippen molar-refractivity contribution in [3.05, 3.63) is 57.2 Å². The lowest BCUT2D eigenvalue weighted by Gasteiger charge is -2.08. The molecule has 0 saturated carbocycles.